The zero-order valence-corrected chi connectivity index (χ0v) is 7.96. The van der Waals surface area contributed by atoms with Crippen molar-refractivity contribution in [1.29, 1.82) is 0 Å². The van der Waals surface area contributed by atoms with Gasteiger partial charge in [0.1, 0.15) is 6.54 Å². The second-order valence-corrected chi connectivity index (χ2v) is 3.46. The van der Waals surface area contributed by atoms with Crippen molar-refractivity contribution in [3.05, 3.63) is 35.4 Å². The van der Waals surface area contributed by atoms with E-state index in [0.29, 0.717) is 0 Å². The summed E-state index contributed by atoms with van der Waals surface area (Å²) in [7, 11) is 0. The lowest BCUT2D eigenvalue weighted by Crippen LogP contribution is -2.23. The largest absolute Gasteiger partial charge is 0.287 e. The molecule has 2 N–H and O–H groups in total. The Morgan fingerprint density at radius 3 is 2.85 bits per heavy atom. The predicted octanol–water partition coefficient (Wildman–Crippen LogP) is 1.33. The number of hydrogen-bond acceptors (Lipinski definition) is 1. The number of nitrogens with zero attached hydrogens (tertiary/aromatic N) is 1. The quantitative estimate of drug-likeness (QED) is 0.675. The molecule has 2 heteroatoms. The average Bonchev–Trinajstić information content (AvgIpc) is 2.46. The Morgan fingerprint density at radius 1 is 1.38 bits per heavy atom. The first kappa shape index (κ1) is 8.30. The molecule has 0 fully saturated rings. The van der Waals surface area contributed by atoms with E-state index in [0.717, 1.165) is 25.3 Å². The van der Waals surface area contributed by atoms with Gasteiger partial charge in [0.05, 0.1) is 12.1 Å². The molecule has 68 valence electrons. The molecule has 1 heterocycles. The van der Waals surface area contributed by atoms with Crippen LogP contribution in [0, 0.1) is 0 Å². The van der Waals surface area contributed by atoms with Crippen LogP contribution in [-0.4, -0.2) is 17.0 Å². The molecule has 0 amide bonds. The minimum absolute atomic E-state index is 0.942. The topological polar surface area (TPSA) is 29.0 Å². The third-order valence-corrected chi connectivity index (χ3v) is 2.49. The second-order valence-electron chi connectivity index (χ2n) is 3.46. The summed E-state index contributed by atoms with van der Waals surface area (Å²) in [5.74, 6) is 0.942. The maximum atomic E-state index is 6.02. The number of nitrogens with two attached hydrogens (primary N) is 1. The van der Waals surface area contributed by atoms with Crippen molar-refractivity contribution in [3.63, 3.8) is 0 Å². The van der Waals surface area contributed by atoms with Crippen molar-refractivity contribution in [3.8, 4) is 0 Å². The standard InChI is InChI=1S/C11H14N2/c1-2-7-13-8-9-5-3-4-6-10(9)11(13)12/h3-6,12H,2,7-8H2,1H3/p+1. The van der Waals surface area contributed by atoms with Gasteiger partial charge in [-0.2, -0.15) is 0 Å². The van der Waals surface area contributed by atoms with Crippen LogP contribution in [0.4, 0.5) is 0 Å². The number of benzene rings is 1. The van der Waals surface area contributed by atoms with Crippen LogP contribution in [0.3, 0.4) is 0 Å². The lowest BCUT2D eigenvalue weighted by Gasteiger charge is -1.98. The Morgan fingerprint density at radius 2 is 2.15 bits per heavy atom. The summed E-state index contributed by atoms with van der Waals surface area (Å²) in [6.45, 7) is 4.21. The average molecular weight is 175 g/mol. The van der Waals surface area contributed by atoms with Gasteiger partial charge < -0.3 is 0 Å². The third-order valence-electron chi connectivity index (χ3n) is 2.49. The molecule has 0 radical (unpaired) electrons. The van der Waals surface area contributed by atoms with Crippen molar-refractivity contribution in [2.24, 2.45) is 5.73 Å². The van der Waals surface area contributed by atoms with Crippen LogP contribution in [0.15, 0.2) is 24.3 Å². The Kier molecular flexibility index (Phi) is 2.05. The summed E-state index contributed by atoms with van der Waals surface area (Å²) in [6.07, 6.45) is 1.15. The van der Waals surface area contributed by atoms with E-state index in [-0.39, 0.29) is 0 Å². The van der Waals surface area contributed by atoms with Crippen LogP contribution in [0.5, 0.6) is 0 Å². The number of hydrogen-bond donors (Lipinski definition) is 1. The van der Waals surface area contributed by atoms with Crippen LogP contribution in [-0.2, 0) is 6.54 Å². The van der Waals surface area contributed by atoms with Crippen molar-refractivity contribution in [2.45, 2.75) is 19.9 Å². The Hall–Kier alpha value is -1.31. The van der Waals surface area contributed by atoms with Gasteiger partial charge in [-0.1, -0.05) is 25.1 Å². The predicted molar refractivity (Wildman–Crippen MR) is 53.9 cm³/mol. The Bertz CT molecular complexity index is 353. The minimum atomic E-state index is 0.942. The lowest BCUT2D eigenvalue weighted by molar-refractivity contribution is -0.539. The number of rotatable bonds is 2. The van der Waals surface area contributed by atoms with Crippen LogP contribution < -0.4 is 5.73 Å². The lowest BCUT2D eigenvalue weighted by atomic mass is 10.1. The van der Waals surface area contributed by atoms with E-state index in [9.17, 15) is 0 Å². The minimum Gasteiger partial charge on any atom is -0.287 e. The van der Waals surface area contributed by atoms with Crippen molar-refractivity contribution in [2.75, 3.05) is 6.54 Å². The first-order valence-electron chi connectivity index (χ1n) is 4.78. The summed E-state index contributed by atoms with van der Waals surface area (Å²) >= 11 is 0. The summed E-state index contributed by atoms with van der Waals surface area (Å²) in [6, 6.07) is 8.36. The molecule has 0 aromatic heterocycles. The first-order chi connectivity index (χ1) is 6.33. The van der Waals surface area contributed by atoms with Crippen molar-refractivity contribution in [1.82, 2.24) is 0 Å². The molecule has 0 saturated heterocycles. The van der Waals surface area contributed by atoms with E-state index in [2.05, 4.69) is 29.7 Å². The van der Waals surface area contributed by atoms with Gasteiger partial charge in [0.25, 0.3) is 5.84 Å². The summed E-state index contributed by atoms with van der Waals surface area (Å²) in [5, 5.41) is 0. The van der Waals surface area contributed by atoms with E-state index in [4.69, 9.17) is 5.73 Å². The Balaban J connectivity index is 2.36. The fraction of sp³-hybridized carbons (Fsp3) is 0.364. The van der Waals surface area contributed by atoms with Gasteiger partial charge in [0.2, 0.25) is 0 Å². The van der Waals surface area contributed by atoms with E-state index >= 15 is 0 Å². The molecule has 0 saturated carbocycles. The summed E-state index contributed by atoms with van der Waals surface area (Å²) < 4.78 is 2.24. The molecular formula is C11H15N2+. The highest BCUT2D eigenvalue weighted by atomic mass is 15.1. The molecule has 2 rings (SSSR count). The van der Waals surface area contributed by atoms with Crippen molar-refractivity contribution < 1.29 is 4.58 Å². The zero-order valence-electron chi connectivity index (χ0n) is 7.96. The van der Waals surface area contributed by atoms with Crippen molar-refractivity contribution >= 4 is 5.84 Å². The molecule has 2 nitrogen and oxygen atoms in total. The molecule has 0 bridgehead atoms. The zero-order chi connectivity index (χ0) is 9.26. The highest BCUT2D eigenvalue weighted by Crippen LogP contribution is 2.15. The smallest absolute Gasteiger partial charge is 0.275 e. The third kappa shape index (κ3) is 1.32. The van der Waals surface area contributed by atoms with Gasteiger partial charge in [-0.05, 0) is 12.5 Å². The molecule has 0 aliphatic carbocycles. The van der Waals surface area contributed by atoms with Crippen LogP contribution in [0.1, 0.15) is 24.5 Å². The normalized spacial score (nSPS) is 14.8. The fourth-order valence-electron chi connectivity index (χ4n) is 1.84. The van der Waals surface area contributed by atoms with Gasteiger partial charge in [0.15, 0.2) is 0 Å². The Labute approximate surface area is 78.7 Å². The second kappa shape index (κ2) is 3.21. The van der Waals surface area contributed by atoms with E-state index in [1.807, 2.05) is 6.07 Å². The molecule has 1 aromatic carbocycles. The monoisotopic (exact) mass is 175 g/mol. The van der Waals surface area contributed by atoms with E-state index in [1.54, 1.807) is 0 Å². The maximum Gasteiger partial charge on any atom is 0.275 e. The van der Waals surface area contributed by atoms with Gasteiger partial charge >= 0.3 is 0 Å². The first-order valence-corrected chi connectivity index (χ1v) is 4.78. The van der Waals surface area contributed by atoms with Gasteiger partial charge in [-0.3, -0.25) is 10.3 Å². The fourth-order valence-corrected chi connectivity index (χ4v) is 1.84. The summed E-state index contributed by atoms with van der Waals surface area (Å²) in [5.41, 5.74) is 8.59. The highest BCUT2D eigenvalue weighted by molar-refractivity contribution is 5.96. The molecule has 0 atom stereocenters. The summed E-state index contributed by atoms with van der Waals surface area (Å²) in [4.78, 5) is 0. The van der Waals surface area contributed by atoms with Crippen LogP contribution in [0.2, 0.25) is 0 Å². The van der Waals surface area contributed by atoms with Gasteiger partial charge in [0, 0.05) is 5.56 Å². The molecule has 0 unspecified atom stereocenters. The van der Waals surface area contributed by atoms with Gasteiger partial charge in [-0.25, -0.2) is 0 Å². The number of fused-ring (bicyclic) bond motifs is 1. The highest BCUT2D eigenvalue weighted by Gasteiger charge is 2.22. The maximum absolute atomic E-state index is 6.02. The molecule has 0 spiro atoms. The molecule has 13 heavy (non-hydrogen) atoms. The molecule has 1 aromatic rings. The molecular weight excluding hydrogens is 160 g/mol. The van der Waals surface area contributed by atoms with E-state index in [1.165, 1.54) is 11.1 Å². The van der Waals surface area contributed by atoms with Crippen LogP contribution >= 0.6 is 0 Å². The van der Waals surface area contributed by atoms with Gasteiger partial charge in [-0.15, -0.1) is 0 Å². The van der Waals surface area contributed by atoms with Crippen LogP contribution in [0.25, 0.3) is 0 Å². The number of amidine groups is 1. The molecule has 1 aliphatic heterocycles. The SMILES string of the molecule is CCC[N+]1=C(N)c2ccccc2C1. The van der Waals surface area contributed by atoms with E-state index < -0.39 is 0 Å². The molecule has 1 aliphatic rings.